The molecule has 1 saturated carbocycles. The highest BCUT2D eigenvalue weighted by Crippen LogP contribution is 2.51. The van der Waals surface area contributed by atoms with Gasteiger partial charge in [-0.2, -0.15) is 0 Å². The van der Waals surface area contributed by atoms with Gasteiger partial charge in [-0.05, 0) is 61.0 Å². The van der Waals surface area contributed by atoms with Crippen molar-refractivity contribution in [3.05, 3.63) is 34.9 Å². The lowest BCUT2D eigenvalue weighted by molar-refractivity contribution is 0.0832. The summed E-state index contributed by atoms with van der Waals surface area (Å²) in [6, 6.07) is 0. The van der Waals surface area contributed by atoms with Gasteiger partial charge in [0.05, 0.1) is 0 Å². The minimum atomic E-state index is 0.481. The van der Waals surface area contributed by atoms with Crippen LogP contribution in [0.5, 0.6) is 0 Å². The second kappa shape index (κ2) is 4.40. The maximum Gasteiger partial charge on any atom is -0.0152 e. The third-order valence-electron chi connectivity index (χ3n) is 4.38. The molecule has 2 rings (SSSR count). The Morgan fingerprint density at radius 3 is 2.00 bits per heavy atom. The molecule has 0 unspecified atom stereocenters. The fourth-order valence-corrected chi connectivity index (χ4v) is 4.11. The maximum atomic E-state index is 2.43. The molecule has 0 bridgehead atoms. The van der Waals surface area contributed by atoms with Crippen LogP contribution in [0.3, 0.4) is 0 Å². The summed E-state index contributed by atoms with van der Waals surface area (Å²) in [4.78, 5) is 0. The van der Waals surface area contributed by atoms with Crippen LogP contribution in [0.1, 0.15) is 60.8 Å². The Kier molecular flexibility index (Phi) is 3.34. The molecule has 0 aromatic rings. The predicted octanol–water partition coefficient (Wildman–Crippen LogP) is 5.67. The summed E-state index contributed by atoms with van der Waals surface area (Å²) < 4.78 is 0. The summed E-state index contributed by atoms with van der Waals surface area (Å²) in [5.74, 6) is 0.747. The first-order valence-electron chi connectivity index (χ1n) is 7.26. The molecule has 0 heterocycles. The van der Waals surface area contributed by atoms with Crippen LogP contribution in [0.15, 0.2) is 34.9 Å². The largest absolute Gasteiger partial charge is 0.0692 e. The molecule has 0 aromatic carbocycles. The van der Waals surface area contributed by atoms with Gasteiger partial charge in [0.15, 0.2) is 0 Å². The molecule has 0 heteroatoms. The van der Waals surface area contributed by atoms with Crippen molar-refractivity contribution >= 4 is 0 Å². The summed E-state index contributed by atoms with van der Waals surface area (Å²) in [5.41, 5.74) is 5.37. The Labute approximate surface area is 113 Å². The van der Waals surface area contributed by atoms with Crippen LogP contribution in [0.4, 0.5) is 0 Å². The van der Waals surface area contributed by atoms with Crippen LogP contribution < -0.4 is 0 Å². The zero-order chi connectivity index (χ0) is 13.6. The Morgan fingerprint density at radius 2 is 1.56 bits per heavy atom. The Bertz CT molecular complexity index is 407. The summed E-state index contributed by atoms with van der Waals surface area (Å²) in [6.07, 6.45) is 11.1. The lowest BCUT2D eigenvalue weighted by atomic mass is 9.60. The van der Waals surface area contributed by atoms with Gasteiger partial charge >= 0.3 is 0 Å². The third-order valence-corrected chi connectivity index (χ3v) is 4.38. The number of rotatable bonds is 1. The van der Waals surface area contributed by atoms with Crippen molar-refractivity contribution in [2.75, 3.05) is 0 Å². The van der Waals surface area contributed by atoms with Crippen molar-refractivity contribution < 1.29 is 0 Å². The summed E-state index contributed by atoms with van der Waals surface area (Å²) in [7, 11) is 0. The highest BCUT2D eigenvalue weighted by Gasteiger charge is 2.39. The minimum absolute atomic E-state index is 0.481. The van der Waals surface area contributed by atoms with E-state index in [1.54, 1.807) is 5.57 Å². The van der Waals surface area contributed by atoms with E-state index in [-0.39, 0.29) is 0 Å². The molecule has 18 heavy (non-hydrogen) atoms. The molecular formula is C18H28. The molecule has 0 saturated heterocycles. The van der Waals surface area contributed by atoms with Crippen LogP contribution in [-0.2, 0) is 0 Å². The van der Waals surface area contributed by atoms with Crippen molar-refractivity contribution in [1.82, 2.24) is 0 Å². The van der Waals surface area contributed by atoms with Gasteiger partial charge in [0.25, 0.3) is 0 Å². The van der Waals surface area contributed by atoms with E-state index in [1.807, 2.05) is 0 Å². The van der Waals surface area contributed by atoms with Gasteiger partial charge in [0.1, 0.15) is 0 Å². The maximum absolute atomic E-state index is 2.43. The van der Waals surface area contributed by atoms with Crippen LogP contribution in [0, 0.1) is 16.7 Å². The number of hydrogen-bond acceptors (Lipinski definition) is 0. The molecule has 0 spiro atoms. The topological polar surface area (TPSA) is 0 Å². The van der Waals surface area contributed by atoms with Gasteiger partial charge in [-0.1, -0.05) is 51.5 Å². The second-order valence-corrected chi connectivity index (χ2v) is 8.04. The fourth-order valence-electron chi connectivity index (χ4n) is 4.11. The molecule has 2 aliphatic carbocycles. The predicted molar refractivity (Wildman–Crippen MR) is 80.5 cm³/mol. The Balaban J connectivity index is 2.23. The quantitative estimate of drug-likeness (QED) is 0.557. The van der Waals surface area contributed by atoms with E-state index >= 15 is 0 Å². The zero-order valence-corrected chi connectivity index (χ0v) is 12.9. The lowest BCUT2D eigenvalue weighted by Crippen LogP contribution is -2.34. The minimum Gasteiger partial charge on any atom is -0.0692 e. The van der Waals surface area contributed by atoms with Crippen molar-refractivity contribution in [2.45, 2.75) is 60.8 Å². The molecule has 100 valence electrons. The van der Waals surface area contributed by atoms with Gasteiger partial charge in [-0.3, -0.25) is 0 Å². The molecule has 1 fully saturated rings. The van der Waals surface area contributed by atoms with Gasteiger partial charge < -0.3 is 0 Å². The third kappa shape index (κ3) is 2.96. The Hall–Kier alpha value is -0.780. The molecule has 0 N–H and O–H groups in total. The SMILES string of the molecule is CC(C)=C1C=CC(C2CC(C)(C)CC(C)(C)C2)=C1. The highest BCUT2D eigenvalue weighted by molar-refractivity contribution is 5.48. The number of allylic oxidation sites excluding steroid dienone is 6. The van der Waals surface area contributed by atoms with E-state index in [2.05, 4.69) is 59.8 Å². The smallest absolute Gasteiger partial charge is 0.0152 e. The summed E-state index contributed by atoms with van der Waals surface area (Å²) in [5, 5.41) is 0. The first kappa shape index (κ1) is 13.6. The van der Waals surface area contributed by atoms with E-state index in [4.69, 9.17) is 0 Å². The molecule has 0 radical (unpaired) electrons. The van der Waals surface area contributed by atoms with Gasteiger partial charge in [-0.25, -0.2) is 0 Å². The first-order chi connectivity index (χ1) is 8.19. The van der Waals surface area contributed by atoms with Crippen molar-refractivity contribution in [1.29, 1.82) is 0 Å². The van der Waals surface area contributed by atoms with Crippen molar-refractivity contribution in [3.63, 3.8) is 0 Å². The molecule has 0 aromatic heterocycles. The van der Waals surface area contributed by atoms with Crippen molar-refractivity contribution in [2.24, 2.45) is 16.7 Å². The number of hydrogen-bond donors (Lipinski definition) is 0. The second-order valence-electron chi connectivity index (χ2n) is 8.04. The van der Waals surface area contributed by atoms with Crippen LogP contribution in [0.2, 0.25) is 0 Å². The van der Waals surface area contributed by atoms with Gasteiger partial charge in [-0.15, -0.1) is 0 Å². The van der Waals surface area contributed by atoms with Crippen LogP contribution in [-0.4, -0.2) is 0 Å². The highest BCUT2D eigenvalue weighted by atomic mass is 14.4. The van der Waals surface area contributed by atoms with Gasteiger partial charge in [0, 0.05) is 0 Å². The normalized spacial score (nSPS) is 26.3. The molecule has 0 nitrogen and oxygen atoms in total. The van der Waals surface area contributed by atoms with Crippen LogP contribution in [0.25, 0.3) is 0 Å². The summed E-state index contributed by atoms with van der Waals surface area (Å²) in [6.45, 7) is 14.1. The summed E-state index contributed by atoms with van der Waals surface area (Å²) >= 11 is 0. The van der Waals surface area contributed by atoms with E-state index in [0.29, 0.717) is 10.8 Å². The standard InChI is InChI=1S/C18H28/c1-13(2)14-7-8-15(9-14)16-10-17(3,4)12-18(5,6)11-16/h7-9,16H,10-12H2,1-6H3. The molecular weight excluding hydrogens is 216 g/mol. The van der Waals surface area contributed by atoms with Crippen LogP contribution >= 0.6 is 0 Å². The van der Waals surface area contributed by atoms with E-state index in [9.17, 15) is 0 Å². The lowest BCUT2D eigenvalue weighted by Gasteiger charge is -2.45. The first-order valence-corrected chi connectivity index (χ1v) is 7.26. The molecule has 0 atom stereocenters. The van der Waals surface area contributed by atoms with E-state index < -0.39 is 0 Å². The van der Waals surface area contributed by atoms with Gasteiger partial charge in [0.2, 0.25) is 0 Å². The Morgan fingerprint density at radius 1 is 1.00 bits per heavy atom. The van der Waals surface area contributed by atoms with E-state index in [1.165, 1.54) is 30.4 Å². The zero-order valence-electron chi connectivity index (χ0n) is 12.9. The van der Waals surface area contributed by atoms with E-state index in [0.717, 1.165) is 5.92 Å². The van der Waals surface area contributed by atoms with Crippen molar-refractivity contribution in [3.8, 4) is 0 Å². The molecule has 0 amide bonds. The molecule has 0 aliphatic heterocycles. The molecule has 2 aliphatic rings. The average Bonchev–Trinajstić information content (AvgIpc) is 2.60. The average molecular weight is 244 g/mol. The monoisotopic (exact) mass is 244 g/mol. The fraction of sp³-hybridized carbons (Fsp3) is 0.667.